The highest BCUT2D eigenvalue weighted by Gasteiger charge is 2.33. The molecule has 4 nitrogen and oxygen atoms in total. The first-order chi connectivity index (χ1) is 11.2. The largest absolute Gasteiger partial charge is 0.417 e. The van der Waals surface area contributed by atoms with E-state index in [9.17, 15) is 18.0 Å². The number of hydrogen-bond acceptors (Lipinski definition) is 2. The van der Waals surface area contributed by atoms with Gasteiger partial charge in [-0.1, -0.05) is 31.9 Å². The van der Waals surface area contributed by atoms with Gasteiger partial charge in [-0.3, -0.25) is 9.20 Å². The minimum absolute atomic E-state index is 0.130. The summed E-state index contributed by atoms with van der Waals surface area (Å²) in [5.41, 5.74) is -0.178. The third-order valence-electron chi connectivity index (χ3n) is 3.81. The van der Waals surface area contributed by atoms with Gasteiger partial charge in [0, 0.05) is 19.8 Å². The van der Waals surface area contributed by atoms with Gasteiger partial charge in [-0.05, 0) is 18.9 Å². The van der Waals surface area contributed by atoms with E-state index in [1.807, 2.05) is 6.92 Å². The minimum Gasteiger partial charge on any atom is -0.340 e. The van der Waals surface area contributed by atoms with Crippen LogP contribution >= 0.6 is 11.6 Å². The van der Waals surface area contributed by atoms with Crippen LogP contribution in [-0.2, 0) is 12.6 Å². The van der Waals surface area contributed by atoms with Crippen LogP contribution in [0.1, 0.15) is 48.4 Å². The molecule has 2 aromatic rings. The quantitative estimate of drug-likeness (QED) is 0.789. The summed E-state index contributed by atoms with van der Waals surface area (Å²) in [6, 6.07) is 0.832. The number of aryl methyl sites for hydroxylation is 1. The Morgan fingerprint density at radius 3 is 2.58 bits per heavy atom. The van der Waals surface area contributed by atoms with Crippen molar-refractivity contribution in [1.29, 1.82) is 0 Å². The molecular formula is C16H19ClF3N3O. The highest BCUT2D eigenvalue weighted by molar-refractivity contribution is 6.33. The van der Waals surface area contributed by atoms with E-state index in [-0.39, 0.29) is 22.3 Å². The molecule has 0 unspecified atom stereocenters. The molecule has 0 radical (unpaired) electrons. The van der Waals surface area contributed by atoms with Gasteiger partial charge in [0.05, 0.1) is 16.3 Å². The first-order valence-corrected chi connectivity index (χ1v) is 8.11. The Balaban J connectivity index is 2.62. The molecule has 0 N–H and O–H groups in total. The number of nitrogens with zero attached hydrogens (tertiary/aromatic N) is 3. The monoisotopic (exact) mass is 361 g/mol. The second kappa shape index (κ2) is 7.01. The molecule has 2 aromatic heterocycles. The first kappa shape index (κ1) is 18.6. The number of halogens is 4. The zero-order valence-electron chi connectivity index (χ0n) is 13.7. The summed E-state index contributed by atoms with van der Waals surface area (Å²) in [5.74, 6) is -0.358. The Morgan fingerprint density at radius 1 is 1.38 bits per heavy atom. The molecule has 0 saturated carbocycles. The average Bonchev–Trinajstić information content (AvgIpc) is 2.90. The van der Waals surface area contributed by atoms with E-state index < -0.39 is 11.7 Å². The van der Waals surface area contributed by atoms with Crippen LogP contribution in [0.2, 0.25) is 5.02 Å². The Bertz CT molecular complexity index is 755. The summed E-state index contributed by atoms with van der Waals surface area (Å²) in [6.07, 6.45) is -1.52. The summed E-state index contributed by atoms with van der Waals surface area (Å²) < 4.78 is 40.3. The molecule has 1 amide bonds. The summed E-state index contributed by atoms with van der Waals surface area (Å²) in [7, 11) is 1.63. The van der Waals surface area contributed by atoms with Gasteiger partial charge in [0.1, 0.15) is 5.69 Å². The van der Waals surface area contributed by atoms with Gasteiger partial charge in [-0.25, -0.2) is 4.98 Å². The number of carbonyl (C=O) groups excluding carboxylic acids is 1. The summed E-state index contributed by atoms with van der Waals surface area (Å²) in [6.45, 7) is 4.32. The number of unbranched alkanes of at least 4 members (excludes halogenated alkanes) is 1. The van der Waals surface area contributed by atoms with E-state index in [1.54, 1.807) is 14.0 Å². The third kappa shape index (κ3) is 3.50. The van der Waals surface area contributed by atoms with Crippen LogP contribution in [0, 0.1) is 0 Å². The molecule has 24 heavy (non-hydrogen) atoms. The van der Waals surface area contributed by atoms with E-state index in [4.69, 9.17) is 11.6 Å². The predicted octanol–water partition coefficient (Wildman–Crippen LogP) is 4.44. The Hall–Kier alpha value is -1.76. The van der Waals surface area contributed by atoms with Gasteiger partial charge in [-0.2, -0.15) is 13.2 Å². The Morgan fingerprint density at radius 2 is 2.04 bits per heavy atom. The lowest BCUT2D eigenvalue weighted by Gasteiger charge is -2.17. The molecule has 0 fully saturated rings. The lowest BCUT2D eigenvalue weighted by atomic mass is 10.2. The number of carbonyl (C=O) groups is 1. The molecule has 0 aliphatic carbocycles. The molecule has 2 heterocycles. The first-order valence-electron chi connectivity index (χ1n) is 7.73. The fourth-order valence-corrected chi connectivity index (χ4v) is 2.71. The molecule has 0 spiro atoms. The Kier molecular flexibility index (Phi) is 5.42. The number of pyridine rings is 1. The molecule has 0 aromatic carbocycles. The standard InChI is InChI=1S/C16H19ClF3N3O/c1-4-6-7-22(3)15(24)13-12(5-2)21-14-11(17)8-10(9-23(13)14)16(18,19)20/h8-9H,4-7H2,1-3H3. The van der Waals surface area contributed by atoms with E-state index in [0.29, 0.717) is 18.7 Å². The van der Waals surface area contributed by atoms with Gasteiger partial charge in [0.25, 0.3) is 5.91 Å². The lowest BCUT2D eigenvalue weighted by molar-refractivity contribution is -0.137. The number of fused-ring (bicyclic) bond motifs is 1. The van der Waals surface area contributed by atoms with Crippen LogP contribution in [0.5, 0.6) is 0 Å². The van der Waals surface area contributed by atoms with E-state index >= 15 is 0 Å². The van der Waals surface area contributed by atoms with E-state index in [0.717, 1.165) is 29.5 Å². The van der Waals surface area contributed by atoms with Crippen LogP contribution < -0.4 is 0 Å². The predicted molar refractivity (Wildman–Crippen MR) is 86.5 cm³/mol. The molecular weight excluding hydrogens is 343 g/mol. The van der Waals surface area contributed by atoms with Crippen molar-refractivity contribution in [2.24, 2.45) is 0 Å². The lowest BCUT2D eigenvalue weighted by Crippen LogP contribution is -2.29. The second-order valence-corrected chi connectivity index (χ2v) is 6.02. The molecule has 0 atom stereocenters. The smallest absolute Gasteiger partial charge is 0.340 e. The van der Waals surface area contributed by atoms with Crippen molar-refractivity contribution in [2.75, 3.05) is 13.6 Å². The number of hydrogen-bond donors (Lipinski definition) is 0. The fourth-order valence-electron chi connectivity index (χ4n) is 2.46. The maximum absolute atomic E-state index is 13.1. The number of aromatic nitrogens is 2. The van der Waals surface area contributed by atoms with Crippen LogP contribution in [0.4, 0.5) is 13.2 Å². The second-order valence-electron chi connectivity index (χ2n) is 5.61. The van der Waals surface area contributed by atoms with Crippen LogP contribution in [-0.4, -0.2) is 33.8 Å². The zero-order chi connectivity index (χ0) is 18.1. The molecule has 132 valence electrons. The van der Waals surface area contributed by atoms with Crippen LogP contribution in [0.3, 0.4) is 0 Å². The normalized spacial score (nSPS) is 12.0. The molecule has 0 aliphatic rings. The van der Waals surface area contributed by atoms with Crippen molar-refractivity contribution in [2.45, 2.75) is 39.3 Å². The molecule has 0 saturated heterocycles. The van der Waals surface area contributed by atoms with Gasteiger partial charge >= 0.3 is 6.18 Å². The highest BCUT2D eigenvalue weighted by atomic mass is 35.5. The SMILES string of the molecule is CCCCN(C)C(=O)c1c(CC)nc2c(Cl)cc(C(F)(F)F)cn12. The molecule has 0 bridgehead atoms. The van der Waals surface area contributed by atoms with Gasteiger partial charge < -0.3 is 4.90 Å². The number of alkyl halides is 3. The zero-order valence-corrected chi connectivity index (χ0v) is 14.5. The number of amides is 1. The van der Waals surface area contributed by atoms with Gasteiger partial charge in [0.15, 0.2) is 5.65 Å². The summed E-state index contributed by atoms with van der Waals surface area (Å²) in [5, 5.41) is -0.130. The topological polar surface area (TPSA) is 37.6 Å². The van der Waals surface area contributed by atoms with Gasteiger partial charge in [-0.15, -0.1) is 0 Å². The minimum atomic E-state index is -4.55. The maximum atomic E-state index is 13.1. The molecule has 2 rings (SSSR count). The van der Waals surface area contributed by atoms with Crippen molar-refractivity contribution < 1.29 is 18.0 Å². The van der Waals surface area contributed by atoms with Crippen molar-refractivity contribution in [3.05, 3.63) is 34.2 Å². The van der Waals surface area contributed by atoms with Crippen molar-refractivity contribution in [1.82, 2.24) is 14.3 Å². The van der Waals surface area contributed by atoms with Crippen LogP contribution in [0.15, 0.2) is 12.3 Å². The summed E-state index contributed by atoms with van der Waals surface area (Å²) in [4.78, 5) is 18.5. The van der Waals surface area contributed by atoms with E-state index in [2.05, 4.69) is 4.98 Å². The van der Waals surface area contributed by atoms with E-state index in [1.165, 1.54) is 4.90 Å². The number of imidazole rings is 1. The van der Waals surface area contributed by atoms with Crippen molar-refractivity contribution in [3.8, 4) is 0 Å². The fraction of sp³-hybridized carbons (Fsp3) is 0.500. The van der Waals surface area contributed by atoms with Crippen molar-refractivity contribution in [3.63, 3.8) is 0 Å². The summed E-state index contributed by atoms with van der Waals surface area (Å²) >= 11 is 5.97. The Labute approximate surface area is 143 Å². The molecule has 8 heteroatoms. The maximum Gasteiger partial charge on any atom is 0.417 e. The highest BCUT2D eigenvalue weighted by Crippen LogP contribution is 2.33. The van der Waals surface area contributed by atoms with Gasteiger partial charge in [0.2, 0.25) is 0 Å². The third-order valence-corrected chi connectivity index (χ3v) is 4.08. The molecule has 0 aliphatic heterocycles. The van der Waals surface area contributed by atoms with Crippen LogP contribution in [0.25, 0.3) is 5.65 Å². The average molecular weight is 362 g/mol. The number of rotatable bonds is 5. The van der Waals surface area contributed by atoms with Crippen molar-refractivity contribution >= 4 is 23.2 Å².